The molecule has 0 aliphatic heterocycles. The highest BCUT2D eigenvalue weighted by Crippen LogP contribution is 2.29. The minimum Gasteiger partial charge on any atom is -0.383 e. The van der Waals surface area contributed by atoms with E-state index >= 15 is 0 Å². The first-order chi connectivity index (χ1) is 8.41. The van der Waals surface area contributed by atoms with Crippen molar-refractivity contribution in [3.8, 4) is 0 Å². The summed E-state index contributed by atoms with van der Waals surface area (Å²) in [6, 6.07) is 2.86. The largest absolute Gasteiger partial charge is 0.383 e. The molecule has 0 radical (unpaired) electrons. The highest BCUT2D eigenvalue weighted by Gasteiger charge is 2.19. The zero-order valence-corrected chi connectivity index (χ0v) is 11.5. The highest BCUT2D eigenvalue weighted by molar-refractivity contribution is 9.10. The second-order valence-electron chi connectivity index (χ2n) is 4.07. The molecule has 0 saturated carbocycles. The first-order valence-corrected chi connectivity index (χ1v) is 6.16. The monoisotopic (exact) mass is 315 g/mol. The summed E-state index contributed by atoms with van der Waals surface area (Å²) < 4.78 is 29.0. The van der Waals surface area contributed by atoms with E-state index in [1.54, 1.807) is 13.8 Å². The average Bonchev–Trinajstić information content (AvgIpc) is 2.59. The molecule has 1 unspecified atom stereocenters. The molecule has 0 saturated heterocycles. The molecule has 0 bridgehead atoms. The van der Waals surface area contributed by atoms with Gasteiger partial charge in [0.2, 0.25) is 0 Å². The molecule has 18 heavy (non-hydrogen) atoms. The van der Waals surface area contributed by atoms with Gasteiger partial charge in [-0.2, -0.15) is 5.10 Å². The Kier molecular flexibility index (Phi) is 3.38. The lowest BCUT2D eigenvalue weighted by Crippen LogP contribution is -2.13. The van der Waals surface area contributed by atoms with Gasteiger partial charge in [-0.05, 0) is 48.0 Å². The third-order valence-corrected chi connectivity index (χ3v) is 3.80. The maximum Gasteiger partial charge on any atom is 0.137 e. The number of aromatic nitrogens is 2. The van der Waals surface area contributed by atoms with Crippen LogP contribution in [0.15, 0.2) is 22.7 Å². The summed E-state index contributed by atoms with van der Waals surface area (Å²) >= 11 is 3.30. The Morgan fingerprint density at radius 2 is 2.06 bits per heavy atom. The first kappa shape index (κ1) is 13.0. The van der Waals surface area contributed by atoms with Crippen molar-refractivity contribution in [2.24, 2.45) is 0 Å². The molecule has 6 heteroatoms. The summed E-state index contributed by atoms with van der Waals surface area (Å²) in [6.07, 6.45) is 0. The van der Waals surface area contributed by atoms with Gasteiger partial charge in [0, 0.05) is 5.56 Å². The average molecular weight is 316 g/mol. The summed E-state index contributed by atoms with van der Waals surface area (Å²) in [5.41, 5.74) is 6.79. The summed E-state index contributed by atoms with van der Waals surface area (Å²) in [4.78, 5) is 0. The van der Waals surface area contributed by atoms with Gasteiger partial charge in [-0.3, -0.25) is 0 Å². The van der Waals surface area contributed by atoms with E-state index in [0.29, 0.717) is 16.0 Å². The minimum absolute atomic E-state index is 0.219. The van der Waals surface area contributed by atoms with Gasteiger partial charge in [-0.15, -0.1) is 0 Å². The number of nitrogens with zero attached hydrogens (tertiary/aromatic N) is 2. The fraction of sp³-hybridized carbons (Fsp3) is 0.250. The molecule has 0 amide bonds. The Morgan fingerprint density at radius 3 is 2.61 bits per heavy atom. The third kappa shape index (κ3) is 2.12. The predicted molar refractivity (Wildman–Crippen MR) is 69.2 cm³/mol. The van der Waals surface area contributed by atoms with Gasteiger partial charge >= 0.3 is 0 Å². The Labute approximate surface area is 112 Å². The quantitative estimate of drug-likeness (QED) is 0.922. The zero-order chi connectivity index (χ0) is 13.4. The maximum atomic E-state index is 13.7. The number of anilines is 1. The van der Waals surface area contributed by atoms with Crippen LogP contribution < -0.4 is 5.73 Å². The molecule has 1 aromatic carbocycles. The number of aryl methyl sites for hydroxylation is 1. The van der Waals surface area contributed by atoms with Gasteiger partial charge in [0.15, 0.2) is 0 Å². The van der Waals surface area contributed by atoms with E-state index in [1.165, 1.54) is 4.68 Å². The molecule has 0 aliphatic rings. The molecule has 2 rings (SSSR count). The summed E-state index contributed by atoms with van der Waals surface area (Å²) in [5.74, 6) is -0.573. The van der Waals surface area contributed by atoms with Crippen LogP contribution in [0.3, 0.4) is 0 Å². The molecule has 2 N–H and O–H groups in total. The van der Waals surface area contributed by atoms with Crippen molar-refractivity contribution in [3.05, 3.63) is 45.6 Å². The smallest absolute Gasteiger partial charge is 0.137 e. The van der Waals surface area contributed by atoms with Crippen LogP contribution >= 0.6 is 15.9 Å². The Hall–Kier alpha value is -1.43. The van der Waals surface area contributed by atoms with E-state index in [9.17, 15) is 8.78 Å². The molecule has 2 aromatic rings. The van der Waals surface area contributed by atoms with Gasteiger partial charge in [0.05, 0.1) is 16.2 Å². The molecule has 0 fully saturated rings. The third-order valence-electron chi connectivity index (χ3n) is 2.82. The molecule has 0 aliphatic carbocycles. The van der Waals surface area contributed by atoms with Crippen LogP contribution in [-0.2, 0) is 0 Å². The van der Waals surface area contributed by atoms with Crippen molar-refractivity contribution >= 4 is 21.7 Å². The number of rotatable bonds is 2. The molecule has 3 nitrogen and oxygen atoms in total. The first-order valence-electron chi connectivity index (χ1n) is 5.37. The van der Waals surface area contributed by atoms with E-state index in [4.69, 9.17) is 5.73 Å². The predicted octanol–water partition coefficient (Wildman–Crippen LogP) is 3.42. The Morgan fingerprint density at radius 1 is 1.39 bits per heavy atom. The molecule has 0 spiro atoms. The highest BCUT2D eigenvalue weighted by atomic mass is 79.9. The summed E-state index contributed by atoms with van der Waals surface area (Å²) in [5, 5.41) is 4.21. The second kappa shape index (κ2) is 4.68. The van der Waals surface area contributed by atoms with Crippen molar-refractivity contribution < 1.29 is 8.78 Å². The van der Waals surface area contributed by atoms with Crippen molar-refractivity contribution in [2.45, 2.75) is 19.9 Å². The number of hydrogen-bond donors (Lipinski definition) is 1. The van der Waals surface area contributed by atoms with Crippen LogP contribution in [0.2, 0.25) is 0 Å². The van der Waals surface area contributed by atoms with Crippen LogP contribution in [0.25, 0.3) is 0 Å². The molecule has 1 heterocycles. The second-order valence-corrected chi connectivity index (χ2v) is 4.86. The van der Waals surface area contributed by atoms with Crippen LogP contribution in [0.5, 0.6) is 0 Å². The van der Waals surface area contributed by atoms with Crippen LogP contribution in [0.1, 0.15) is 24.2 Å². The zero-order valence-electron chi connectivity index (χ0n) is 9.92. The molecule has 1 atom stereocenters. The number of nitrogen functional groups attached to an aromatic ring is 1. The number of nitrogens with two attached hydrogens (primary N) is 1. The van der Waals surface area contributed by atoms with Gasteiger partial charge in [-0.1, -0.05) is 0 Å². The molecule has 96 valence electrons. The number of benzene rings is 1. The van der Waals surface area contributed by atoms with Crippen LogP contribution in [-0.4, -0.2) is 9.78 Å². The summed E-state index contributed by atoms with van der Waals surface area (Å²) in [6.45, 7) is 3.50. The van der Waals surface area contributed by atoms with Crippen molar-refractivity contribution in [2.75, 3.05) is 5.73 Å². The fourth-order valence-corrected chi connectivity index (χ4v) is 2.07. The number of halogens is 3. The fourth-order valence-electron chi connectivity index (χ4n) is 1.81. The van der Waals surface area contributed by atoms with Crippen LogP contribution in [0, 0.1) is 18.6 Å². The Bertz CT molecular complexity index is 595. The van der Waals surface area contributed by atoms with Crippen molar-refractivity contribution in [1.29, 1.82) is 0 Å². The Balaban J connectivity index is 2.50. The normalized spacial score (nSPS) is 12.7. The van der Waals surface area contributed by atoms with Gasteiger partial charge < -0.3 is 5.73 Å². The topological polar surface area (TPSA) is 43.8 Å². The van der Waals surface area contributed by atoms with Gasteiger partial charge in [0.1, 0.15) is 17.5 Å². The molecular formula is C12H12BrF2N3. The van der Waals surface area contributed by atoms with E-state index in [1.807, 2.05) is 0 Å². The van der Waals surface area contributed by atoms with E-state index < -0.39 is 17.7 Å². The van der Waals surface area contributed by atoms with Crippen molar-refractivity contribution in [1.82, 2.24) is 9.78 Å². The lowest BCUT2D eigenvalue weighted by atomic mass is 10.1. The molecule has 1 aromatic heterocycles. The van der Waals surface area contributed by atoms with Crippen molar-refractivity contribution in [3.63, 3.8) is 0 Å². The van der Waals surface area contributed by atoms with Gasteiger partial charge in [-0.25, -0.2) is 13.5 Å². The molecular weight excluding hydrogens is 304 g/mol. The van der Waals surface area contributed by atoms with Crippen LogP contribution in [0.4, 0.5) is 14.6 Å². The SMILES string of the molecule is Cc1nn(C(C)c2cc(F)ccc2F)c(N)c1Br. The maximum absolute atomic E-state index is 13.7. The van der Waals surface area contributed by atoms with E-state index in [2.05, 4.69) is 21.0 Å². The standard InChI is InChI=1S/C12H12BrF2N3/c1-6-11(13)12(16)18(17-6)7(2)9-5-8(14)3-4-10(9)15/h3-5,7H,16H2,1-2H3. The lowest BCUT2D eigenvalue weighted by molar-refractivity contribution is 0.515. The van der Waals surface area contributed by atoms with E-state index in [0.717, 1.165) is 18.2 Å². The summed E-state index contributed by atoms with van der Waals surface area (Å²) in [7, 11) is 0. The lowest BCUT2D eigenvalue weighted by Gasteiger charge is -2.15. The van der Waals surface area contributed by atoms with E-state index in [-0.39, 0.29) is 5.56 Å². The number of hydrogen-bond acceptors (Lipinski definition) is 2. The van der Waals surface area contributed by atoms with Gasteiger partial charge in [0.25, 0.3) is 0 Å². The minimum atomic E-state index is -0.486.